The number of fused-ring (bicyclic) bond motifs is 1. The fourth-order valence-corrected chi connectivity index (χ4v) is 5.38. The fourth-order valence-electron chi connectivity index (χ4n) is 5.38. The molecule has 8 heteroatoms. The minimum atomic E-state index is -0.445. The Morgan fingerprint density at radius 1 is 0.932 bits per heavy atom. The number of aromatic nitrogens is 2. The maximum absolute atomic E-state index is 12.8. The van der Waals surface area contributed by atoms with E-state index in [1.807, 2.05) is 74.5 Å². The van der Waals surface area contributed by atoms with Crippen molar-refractivity contribution in [2.75, 3.05) is 38.9 Å². The van der Waals surface area contributed by atoms with Gasteiger partial charge in [-0.3, -0.25) is 0 Å². The molecule has 228 valence electrons. The van der Waals surface area contributed by atoms with Gasteiger partial charge in [0, 0.05) is 30.2 Å². The quantitative estimate of drug-likeness (QED) is 0.179. The number of nitrogens with zero attached hydrogens (tertiary/aromatic N) is 2. The Kier molecular flexibility index (Phi) is 10.3. The van der Waals surface area contributed by atoms with Crippen molar-refractivity contribution in [1.29, 1.82) is 0 Å². The first-order valence-electron chi connectivity index (χ1n) is 14.9. The predicted molar refractivity (Wildman–Crippen MR) is 173 cm³/mol. The third-order valence-corrected chi connectivity index (χ3v) is 7.49. The second kappa shape index (κ2) is 14.7. The molecule has 1 fully saturated rings. The van der Waals surface area contributed by atoms with E-state index >= 15 is 0 Å². The molecule has 0 saturated carbocycles. The molecule has 1 saturated heterocycles. The highest BCUT2D eigenvalue weighted by Crippen LogP contribution is 2.38. The average Bonchev–Trinajstić information content (AvgIpc) is 3.54. The van der Waals surface area contributed by atoms with Crippen LogP contribution in [0.1, 0.15) is 47.0 Å². The lowest BCUT2D eigenvalue weighted by Crippen LogP contribution is -2.24. The first-order valence-corrected chi connectivity index (χ1v) is 14.9. The van der Waals surface area contributed by atoms with Crippen LogP contribution in [0.5, 0.6) is 5.75 Å². The molecule has 6 rings (SSSR count). The van der Waals surface area contributed by atoms with E-state index < -0.39 is 5.97 Å². The average molecular weight is 594 g/mol. The zero-order chi connectivity index (χ0) is 30.9. The van der Waals surface area contributed by atoms with Crippen LogP contribution >= 0.6 is 0 Å². The number of benzene rings is 3. The summed E-state index contributed by atoms with van der Waals surface area (Å²) in [5.74, 6) is 0.978. The molecular weight excluding hydrogens is 554 g/mol. The van der Waals surface area contributed by atoms with Gasteiger partial charge in [0.2, 0.25) is 0 Å². The number of H-pyrrole nitrogens is 1. The van der Waals surface area contributed by atoms with Crippen LogP contribution in [0.3, 0.4) is 0 Å². The van der Waals surface area contributed by atoms with Gasteiger partial charge in [0.1, 0.15) is 11.9 Å². The van der Waals surface area contributed by atoms with Gasteiger partial charge in [0.15, 0.2) is 5.82 Å². The maximum atomic E-state index is 12.8. The third-order valence-electron chi connectivity index (χ3n) is 7.49. The smallest absolute Gasteiger partial charge is 0.340 e. The van der Waals surface area contributed by atoms with E-state index in [0.717, 1.165) is 44.7 Å². The van der Waals surface area contributed by atoms with Gasteiger partial charge >= 0.3 is 5.97 Å². The highest BCUT2D eigenvalue weighted by Gasteiger charge is 2.23. The van der Waals surface area contributed by atoms with E-state index in [9.17, 15) is 4.79 Å². The molecule has 1 unspecified atom stereocenters. The summed E-state index contributed by atoms with van der Waals surface area (Å²) in [6, 6.07) is 28.6. The summed E-state index contributed by atoms with van der Waals surface area (Å²) in [6.07, 6.45) is 1.46. The summed E-state index contributed by atoms with van der Waals surface area (Å²) in [6.45, 7) is 6.93. The molecule has 0 bridgehead atoms. The lowest BCUT2D eigenvalue weighted by molar-refractivity contribution is -0.0901. The number of rotatable bonds is 9. The third kappa shape index (κ3) is 6.77. The molecule has 3 heterocycles. The number of hydrogen-bond acceptors (Lipinski definition) is 7. The molecule has 1 atom stereocenters. The topological polar surface area (TPSA) is 85.9 Å². The van der Waals surface area contributed by atoms with E-state index in [1.54, 1.807) is 13.3 Å². The maximum Gasteiger partial charge on any atom is 0.340 e. The Hall–Kier alpha value is -4.66. The molecule has 8 nitrogen and oxygen atoms in total. The molecule has 44 heavy (non-hydrogen) atoms. The van der Waals surface area contributed by atoms with Crippen molar-refractivity contribution < 1.29 is 23.7 Å². The van der Waals surface area contributed by atoms with Crippen molar-refractivity contribution in [2.24, 2.45) is 0 Å². The monoisotopic (exact) mass is 593 g/mol. The van der Waals surface area contributed by atoms with Crippen LogP contribution in [-0.2, 0) is 27.3 Å². The molecule has 1 N–H and O–H groups in total. The largest absolute Gasteiger partial charge is 0.496 e. The lowest BCUT2D eigenvalue weighted by Gasteiger charge is -2.25. The van der Waals surface area contributed by atoms with Crippen LogP contribution < -0.4 is 9.64 Å². The van der Waals surface area contributed by atoms with Crippen LogP contribution in [0.25, 0.3) is 22.2 Å². The van der Waals surface area contributed by atoms with Gasteiger partial charge in [0.25, 0.3) is 0 Å². The van der Waals surface area contributed by atoms with Gasteiger partial charge in [-0.1, -0.05) is 80.6 Å². The second-order valence-electron chi connectivity index (χ2n) is 10.2. The van der Waals surface area contributed by atoms with Gasteiger partial charge in [0.05, 0.1) is 50.8 Å². The molecule has 2 aromatic heterocycles. The normalized spacial score (nSPS) is 14.4. The fraction of sp³-hybridized carbons (Fsp3) is 0.278. The number of anilines is 1. The Morgan fingerprint density at radius 3 is 2.20 bits per heavy atom. The number of carbonyl (C=O) groups excluding carboxylic acids is 1. The Morgan fingerprint density at radius 2 is 1.61 bits per heavy atom. The summed E-state index contributed by atoms with van der Waals surface area (Å²) < 4.78 is 22.5. The number of esters is 1. The predicted octanol–water partition coefficient (Wildman–Crippen LogP) is 7.35. The molecule has 0 radical (unpaired) electrons. The van der Waals surface area contributed by atoms with Crippen molar-refractivity contribution in [3.63, 3.8) is 0 Å². The first kappa shape index (κ1) is 30.8. The standard InChI is InChI=1S/C34H33N3O5.C2H6/c1-39-30-17-25(31-22-41-15-16-42-31)13-14-26(30)29-18-27-28(34(38)40-2)19-35-33(32(27)36-29)37(20-23-9-5-3-6-10-23)21-24-11-7-4-8-12-24;1-2/h3-14,17-19,31,36H,15-16,20-22H2,1-2H3;1-2H3. The van der Waals surface area contributed by atoms with Crippen molar-refractivity contribution in [1.82, 2.24) is 9.97 Å². The molecular formula is C36H39N3O5. The molecule has 5 aromatic rings. The van der Waals surface area contributed by atoms with Gasteiger partial charge in [-0.15, -0.1) is 0 Å². The zero-order valence-corrected chi connectivity index (χ0v) is 25.7. The number of aromatic amines is 1. The summed E-state index contributed by atoms with van der Waals surface area (Å²) in [4.78, 5) is 23.5. The highest BCUT2D eigenvalue weighted by molar-refractivity contribution is 6.08. The molecule has 0 aliphatic carbocycles. The van der Waals surface area contributed by atoms with Crippen LogP contribution in [0.15, 0.2) is 91.1 Å². The van der Waals surface area contributed by atoms with Crippen LogP contribution in [0.2, 0.25) is 0 Å². The van der Waals surface area contributed by atoms with E-state index in [0.29, 0.717) is 44.2 Å². The summed E-state index contributed by atoms with van der Waals surface area (Å²) in [5.41, 5.74) is 6.08. The summed E-state index contributed by atoms with van der Waals surface area (Å²) in [5, 5.41) is 0.725. The molecule has 3 aromatic carbocycles. The van der Waals surface area contributed by atoms with Gasteiger partial charge in [-0.25, -0.2) is 9.78 Å². The summed E-state index contributed by atoms with van der Waals surface area (Å²) in [7, 11) is 3.03. The SMILES string of the molecule is CC.COC(=O)c1cnc(N(Cc2ccccc2)Cc2ccccc2)c2[nH]c(-c3ccc(C4COCCO4)cc3OC)cc12. The Bertz CT molecular complexity index is 1620. The Balaban J connectivity index is 0.00000188. The zero-order valence-electron chi connectivity index (χ0n) is 25.7. The number of nitrogens with one attached hydrogen (secondary N) is 1. The number of hydrogen-bond donors (Lipinski definition) is 1. The second-order valence-corrected chi connectivity index (χ2v) is 10.2. The van der Waals surface area contributed by atoms with E-state index in [2.05, 4.69) is 34.1 Å². The van der Waals surface area contributed by atoms with Crippen molar-refractivity contribution in [2.45, 2.75) is 33.0 Å². The number of pyridine rings is 1. The van der Waals surface area contributed by atoms with Crippen LogP contribution in [-0.4, -0.2) is 50.0 Å². The van der Waals surface area contributed by atoms with Crippen molar-refractivity contribution in [3.05, 3.63) is 113 Å². The van der Waals surface area contributed by atoms with E-state index in [-0.39, 0.29) is 6.10 Å². The first-order chi connectivity index (χ1) is 21.6. The van der Waals surface area contributed by atoms with E-state index in [1.165, 1.54) is 7.11 Å². The van der Waals surface area contributed by atoms with Gasteiger partial charge < -0.3 is 28.8 Å². The lowest BCUT2D eigenvalue weighted by atomic mass is 10.0. The number of carbonyl (C=O) groups is 1. The van der Waals surface area contributed by atoms with Crippen molar-refractivity contribution >= 4 is 22.7 Å². The minimum absolute atomic E-state index is 0.143. The molecule has 1 aliphatic heterocycles. The number of methoxy groups -OCH3 is 2. The molecule has 0 spiro atoms. The van der Waals surface area contributed by atoms with Crippen molar-refractivity contribution in [3.8, 4) is 17.0 Å². The van der Waals surface area contributed by atoms with E-state index in [4.69, 9.17) is 23.9 Å². The van der Waals surface area contributed by atoms with Crippen LogP contribution in [0, 0.1) is 0 Å². The highest BCUT2D eigenvalue weighted by atomic mass is 16.6. The summed E-state index contributed by atoms with van der Waals surface area (Å²) >= 11 is 0. The Labute approximate surface area is 258 Å². The minimum Gasteiger partial charge on any atom is -0.496 e. The van der Waals surface area contributed by atoms with Gasteiger partial charge in [-0.2, -0.15) is 0 Å². The van der Waals surface area contributed by atoms with Gasteiger partial charge in [-0.05, 0) is 34.9 Å². The molecule has 1 aliphatic rings. The number of ether oxygens (including phenoxy) is 4. The van der Waals surface area contributed by atoms with Crippen LogP contribution in [0.4, 0.5) is 5.82 Å². The molecule has 0 amide bonds.